The number of hydrogen-bond acceptors (Lipinski definition) is 4. The lowest BCUT2D eigenvalue weighted by atomic mass is 10.1. The van der Waals surface area contributed by atoms with Gasteiger partial charge in [-0.25, -0.2) is 0 Å². The molecule has 0 radical (unpaired) electrons. The van der Waals surface area contributed by atoms with Gasteiger partial charge in [0.1, 0.15) is 5.82 Å². The maximum atomic E-state index is 9.30. The van der Waals surface area contributed by atoms with Crippen LogP contribution in [0, 0.1) is 12.8 Å². The maximum absolute atomic E-state index is 9.30. The van der Waals surface area contributed by atoms with Crippen LogP contribution in [0.2, 0.25) is 0 Å². The smallest absolute Gasteiger partial charge is 0.131 e. The molecule has 19 heavy (non-hydrogen) atoms. The fourth-order valence-electron chi connectivity index (χ4n) is 3.00. The van der Waals surface area contributed by atoms with Crippen LogP contribution in [-0.2, 0) is 13.6 Å². The van der Waals surface area contributed by atoms with Gasteiger partial charge < -0.3 is 15.3 Å². The fraction of sp³-hybridized carbons (Fsp3) is 0.786. The lowest BCUT2D eigenvalue weighted by Crippen LogP contribution is -2.25. The van der Waals surface area contributed by atoms with Gasteiger partial charge in [-0.15, -0.1) is 0 Å². The molecule has 1 atom stereocenters. The molecule has 0 spiro atoms. The molecule has 106 valence electrons. The van der Waals surface area contributed by atoms with Crippen LogP contribution in [-0.4, -0.2) is 40.6 Å². The maximum Gasteiger partial charge on any atom is 0.131 e. The van der Waals surface area contributed by atoms with E-state index in [1.54, 1.807) is 0 Å². The van der Waals surface area contributed by atoms with Gasteiger partial charge >= 0.3 is 0 Å². The first kappa shape index (κ1) is 12.9. The van der Waals surface area contributed by atoms with Gasteiger partial charge in [0.25, 0.3) is 0 Å². The average molecular weight is 264 g/mol. The molecule has 1 aliphatic carbocycles. The Hall–Kier alpha value is -1.07. The van der Waals surface area contributed by atoms with E-state index >= 15 is 0 Å². The number of aryl methyl sites for hydroxylation is 2. The number of nitrogens with one attached hydrogen (secondary N) is 1. The SMILES string of the molecule is Cc1nn(C)c(N2CCC(CO)C2)c1CNC1CC1. The normalized spacial score (nSPS) is 23.3. The van der Waals surface area contributed by atoms with Crippen LogP contribution in [0.4, 0.5) is 5.82 Å². The number of aliphatic hydroxyl groups excluding tert-OH is 1. The zero-order valence-corrected chi connectivity index (χ0v) is 11.9. The van der Waals surface area contributed by atoms with E-state index in [-0.39, 0.29) is 0 Å². The molecule has 5 heteroatoms. The van der Waals surface area contributed by atoms with E-state index in [4.69, 9.17) is 0 Å². The van der Waals surface area contributed by atoms with Gasteiger partial charge in [0.05, 0.1) is 5.69 Å². The highest BCUT2D eigenvalue weighted by atomic mass is 16.3. The van der Waals surface area contributed by atoms with Gasteiger partial charge in [0, 0.05) is 50.8 Å². The second-order valence-electron chi connectivity index (χ2n) is 5.95. The number of anilines is 1. The predicted molar refractivity (Wildman–Crippen MR) is 75.2 cm³/mol. The van der Waals surface area contributed by atoms with Crippen molar-refractivity contribution in [3.8, 4) is 0 Å². The predicted octanol–water partition coefficient (Wildman–Crippen LogP) is 0.799. The van der Waals surface area contributed by atoms with Gasteiger partial charge in [-0.3, -0.25) is 4.68 Å². The van der Waals surface area contributed by atoms with Crippen molar-refractivity contribution in [2.24, 2.45) is 13.0 Å². The zero-order valence-electron chi connectivity index (χ0n) is 11.9. The van der Waals surface area contributed by atoms with Gasteiger partial charge in [0.15, 0.2) is 0 Å². The van der Waals surface area contributed by atoms with Crippen molar-refractivity contribution < 1.29 is 5.11 Å². The van der Waals surface area contributed by atoms with Crippen molar-refractivity contribution in [1.82, 2.24) is 15.1 Å². The summed E-state index contributed by atoms with van der Waals surface area (Å²) in [6, 6.07) is 0.719. The molecule has 1 saturated heterocycles. The number of rotatable bonds is 5. The minimum atomic E-state index is 0.295. The highest BCUT2D eigenvalue weighted by Crippen LogP contribution is 2.29. The van der Waals surface area contributed by atoms with Crippen molar-refractivity contribution in [3.05, 3.63) is 11.3 Å². The monoisotopic (exact) mass is 264 g/mol. The second kappa shape index (κ2) is 5.13. The molecule has 0 amide bonds. The van der Waals surface area contributed by atoms with Crippen molar-refractivity contribution in [2.75, 3.05) is 24.6 Å². The molecule has 1 aromatic heterocycles. The van der Waals surface area contributed by atoms with E-state index in [2.05, 4.69) is 22.2 Å². The molecule has 2 N–H and O–H groups in total. The van der Waals surface area contributed by atoms with Gasteiger partial charge in [-0.2, -0.15) is 5.10 Å². The first-order valence-corrected chi connectivity index (χ1v) is 7.30. The lowest BCUT2D eigenvalue weighted by molar-refractivity contribution is 0.238. The molecule has 1 aliphatic heterocycles. The fourth-order valence-corrected chi connectivity index (χ4v) is 3.00. The third-order valence-electron chi connectivity index (χ3n) is 4.30. The van der Waals surface area contributed by atoms with E-state index in [1.807, 2.05) is 11.7 Å². The summed E-state index contributed by atoms with van der Waals surface area (Å²) in [4.78, 5) is 2.38. The van der Waals surface area contributed by atoms with Crippen LogP contribution < -0.4 is 10.2 Å². The quantitative estimate of drug-likeness (QED) is 0.826. The summed E-state index contributed by atoms with van der Waals surface area (Å²) in [6.07, 6.45) is 3.70. The Bertz CT molecular complexity index is 453. The van der Waals surface area contributed by atoms with Crippen LogP contribution in [0.1, 0.15) is 30.5 Å². The average Bonchev–Trinajstić information content (AvgIpc) is 3.02. The molecule has 0 aromatic carbocycles. The molecule has 1 aromatic rings. The van der Waals surface area contributed by atoms with Crippen LogP contribution in [0.5, 0.6) is 0 Å². The Kier molecular flexibility index (Phi) is 3.50. The van der Waals surface area contributed by atoms with E-state index in [9.17, 15) is 5.11 Å². The molecular formula is C14H24N4O. The summed E-state index contributed by atoms with van der Waals surface area (Å²) in [6.45, 7) is 5.28. The Morgan fingerprint density at radius 1 is 1.37 bits per heavy atom. The molecule has 2 fully saturated rings. The molecule has 1 saturated carbocycles. The van der Waals surface area contributed by atoms with E-state index < -0.39 is 0 Å². The number of aliphatic hydroxyl groups is 1. The van der Waals surface area contributed by atoms with Gasteiger partial charge in [0.2, 0.25) is 0 Å². The van der Waals surface area contributed by atoms with Crippen molar-refractivity contribution >= 4 is 5.82 Å². The van der Waals surface area contributed by atoms with Crippen molar-refractivity contribution in [3.63, 3.8) is 0 Å². The topological polar surface area (TPSA) is 53.3 Å². The Balaban J connectivity index is 1.78. The highest BCUT2D eigenvalue weighted by Gasteiger charge is 2.28. The van der Waals surface area contributed by atoms with Gasteiger partial charge in [-0.1, -0.05) is 0 Å². The summed E-state index contributed by atoms with van der Waals surface area (Å²) >= 11 is 0. The summed E-state index contributed by atoms with van der Waals surface area (Å²) in [5.41, 5.74) is 2.45. The first-order valence-electron chi connectivity index (χ1n) is 7.30. The standard InChI is InChI=1S/C14H24N4O/c1-10-13(7-15-12-3-4-12)14(17(2)16-10)18-6-5-11(8-18)9-19/h11-12,15,19H,3-9H2,1-2H3. The largest absolute Gasteiger partial charge is 0.396 e. The zero-order chi connectivity index (χ0) is 13.4. The van der Waals surface area contributed by atoms with E-state index in [0.717, 1.165) is 37.8 Å². The van der Waals surface area contributed by atoms with Crippen molar-refractivity contribution in [2.45, 2.75) is 38.8 Å². The third-order valence-corrected chi connectivity index (χ3v) is 4.30. The van der Waals surface area contributed by atoms with Crippen LogP contribution in [0.3, 0.4) is 0 Å². The summed E-state index contributed by atoms with van der Waals surface area (Å²) < 4.78 is 2.00. The summed E-state index contributed by atoms with van der Waals surface area (Å²) in [7, 11) is 2.02. The Labute approximate surface area is 114 Å². The molecule has 5 nitrogen and oxygen atoms in total. The molecule has 1 unspecified atom stereocenters. The summed E-state index contributed by atoms with van der Waals surface area (Å²) in [5, 5.41) is 17.5. The lowest BCUT2D eigenvalue weighted by Gasteiger charge is -2.20. The second-order valence-corrected chi connectivity index (χ2v) is 5.95. The summed E-state index contributed by atoms with van der Waals surface area (Å²) in [5.74, 6) is 1.65. The number of nitrogens with zero attached hydrogens (tertiary/aromatic N) is 3. The molecule has 2 aliphatic rings. The van der Waals surface area contributed by atoms with Gasteiger partial charge in [-0.05, 0) is 26.2 Å². The third kappa shape index (κ3) is 2.62. The van der Waals surface area contributed by atoms with E-state index in [0.29, 0.717) is 12.5 Å². The minimum absolute atomic E-state index is 0.295. The van der Waals surface area contributed by atoms with Crippen LogP contribution in [0.25, 0.3) is 0 Å². The molecule has 3 rings (SSSR count). The Morgan fingerprint density at radius 3 is 2.79 bits per heavy atom. The minimum Gasteiger partial charge on any atom is -0.396 e. The number of aromatic nitrogens is 2. The van der Waals surface area contributed by atoms with Crippen molar-refractivity contribution in [1.29, 1.82) is 0 Å². The first-order chi connectivity index (χ1) is 9.19. The number of hydrogen-bond donors (Lipinski definition) is 2. The molecule has 0 bridgehead atoms. The van der Waals surface area contributed by atoms with E-state index in [1.165, 1.54) is 24.2 Å². The van der Waals surface area contributed by atoms with Crippen LogP contribution >= 0.6 is 0 Å². The molecular weight excluding hydrogens is 240 g/mol. The highest BCUT2D eigenvalue weighted by molar-refractivity contribution is 5.51. The molecule has 2 heterocycles. The Morgan fingerprint density at radius 2 is 2.16 bits per heavy atom. The van der Waals surface area contributed by atoms with Crippen LogP contribution in [0.15, 0.2) is 0 Å².